The summed E-state index contributed by atoms with van der Waals surface area (Å²) in [5, 5.41) is 10.2. The van der Waals surface area contributed by atoms with Crippen molar-refractivity contribution >= 4 is 0 Å². The molecule has 2 rings (SSSR count). The predicted molar refractivity (Wildman–Crippen MR) is 71.4 cm³/mol. The summed E-state index contributed by atoms with van der Waals surface area (Å²) in [5.74, 6) is 0.722. The number of rotatable bonds is 6. The lowest BCUT2D eigenvalue weighted by Crippen LogP contribution is -2.34. The van der Waals surface area contributed by atoms with Crippen molar-refractivity contribution in [2.24, 2.45) is 5.92 Å². The molecular weight excluding hydrogens is 226 g/mol. The van der Waals surface area contributed by atoms with Crippen LogP contribution in [-0.2, 0) is 4.74 Å². The summed E-state index contributed by atoms with van der Waals surface area (Å²) in [6.07, 6.45) is 4.97. The van der Waals surface area contributed by atoms with E-state index in [9.17, 15) is 5.11 Å². The van der Waals surface area contributed by atoms with Gasteiger partial charge in [-0.1, -0.05) is 13.0 Å². The Bertz CT molecular complexity index is 349. The number of nitrogens with zero attached hydrogens (tertiary/aromatic N) is 1. The van der Waals surface area contributed by atoms with E-state index in [0.29, 0.717) is 12.0 Å². The van der Waals surface area contributed by atoms with Crippen molar-refractivity contribution in [2.75, 3.05) is 6.61 Å². The fourth-order valence-electron chi connectivity index (χ4n) is 2.63. The Morgan fingerprint density at radius 2 is 2.22 bits per heavy atom. The Kier molecular flexibility index (Phi) is 4.72. The zero-order chi connectivity index (χ0) is 13.0. The van der Waals surface area contributed by atoms with Crippen LogP contribution in [0.5, 0.6) is 0 Å². The lowest BCUT2D eigenvalue weighted by molar-refractivity contribution is -0.0396. The molecule has 18 heavy (non-hydrogen) atoms. The fraction of sp³-hybridized carbons (Fsp3) is 0.667. The van der Waals surface area contributed by atoms with Gasteiger partial charge in [-0.3, -0.25) is 4.98 Å². The number of hydrogen-bond acceptors (Lipinski definition) is 3. The lowest BCUT2D eigenvalue weighted by Gasteiger charge is -2.36. The average Bonchev–Trinajstić information content (AvgIpc) is 2.36. The van der Waals surface area contributed by atoms with Crippen LogP contribution in [0.4, 0.5) is 0 Å². The third-order valence-corrected chi connectivity index (χ3v) is 3.90. The molecule has 0 radical (unpaired) electrons. The molecule has 1 aromatic heterocycles. The maximum atomic E-state index is 10.2. The van der Waals surface area contributed by atoms with Crippen LogP contribution in [-0.4, -0.2) is 28.9 Å². The zero-order valence-corrected chi connectivity index (χ0v) is 11.2. The summed E-state index contributed by atoms with van der Waals surface area (Å²) in [7, 11) is 0. The highest BCUT2D eigenvalue weighted by atomic mass is 16.5. The largest absolute Gasteiger partial charge is 0.392 e. The molecule has 0 amide bonds. The van der Waals surface area contributed by atoms with Crippen LogP contribution in [0.25, 0.3) is 0 Å². The number of ether oxygens (including phenoxy) is 1. The minimum Gasteiger partial charge on any atom is -0.392 e. The van der Waals surface area contributed by atoms with E-state index < -0.39 is 0 Å². The van der Waals surface area contributed by atoms with Crippen LogP contribution in [0.1, 0.15) is 44.7 Å². The minimum absolute atomic E-state index is 0.109. The van der Waals surface area contributed by atoms with Crippen molar-refractivity contribution in [3.05, 3.63) is 30.1 Å². The third kappa shape index (κ3) is 3.30. The molecule has 0 aliphatic heterocycles. The quantitative estimate of drug-likeness (QED) is 0.843. The van der Waals surface area contributed by atoms with E-state index in [2.05, 4.69) is 4.98 Å². The molecule has 0 saturated heterocycles. The smallest absolute Gasteiger partial charge is 0.0623 e. The molecular formula is C15H23NO2. The molecule has 1 saturated carbocycles. The first-order valence-corrected chi connectivity index (χ1v) is 6.91. The number of aliphatic hydroxyl groups is 1. The second-order valence-electron chi connectivity index (χ2n) is 5.26. The van der Waals surface area contributed by atoms with Crippen molar-refractivity contribution in [1.29, 1.82) is 0 Å². The van der Waals surface area contributed by atoms with E-state index in [1.807, 2.05) is 32.0 Å². The summed E-state index contributed by atoms with van der Waals surface area (Å²) in [6, 6.07) is 5.86. The normalized spacial score (nSPS) is 26.4. The highest BCUT2D eigenvalue weighted by Crippen LogP contribution is 2.35. The third-order valence-electron chi connectivity index (χ3n) is 3.90. The van der Waals surface area contributed by atoms with E-state index in [4.69, 9.17) is 4.74 Å². The molecule has 1 N–H and O–H groups in total. The van der Waals surface area contributed by atoms with Gasteiger partial charge in [-0.25, -0.2) is 0 Å². The molecule has 1 aliphatic rings. The standard InChI is InChI=1S/C15H23NO2/c1-3-18-13-8-12(9-13)10-15(17)11(2)14-6-4-5-7-16-14/h4-7,11-13,15,17H,3,8-10H2,1-2H3. The Balaban J connectivity index is 1.77. The molecule has 0 spiro atoms. The van der Waals surface area contributed by atoms with Gasteiger partial charge in [0.2, 0.25) is 0 Å². The van der Waals surface area contributed by atoms with Gasteiger partial charge in [-0.15, -0.1) is 0 Å². The molecule has 0 aromatic carbocycles. The molecule has 1 aromatic rings. The highest BCUT2D eigenvalue weighted by Gasteiger charge is 2.32. The van der Waals surface area contributed by atoms with E-state index in [1.54, 1.807) is 6.20 Å². The fourth-order valence-corrected chi connectivity index (χ4v) is 2.63. The first kappa shape index (κ1) is 13.5. The molecule has 1 fully saturated rings. The van der Waals surface area contributed by atoms with Gasteiger partial charge in [0.25, 0.3) is 0 Å². The maximum Gasteiger partial charge on any atom is 0.0623 e. The summed E-state index contributed by atoms with van der Waals surface area (Å²) in [6.45, 7) is 4.88. The predicted octanol–water partition coefficient (Wildman–Crippen LogP) is 2.75. The Morgan fingerprint density at radius 3 is 2.83 bits per heavy atom. The monoisotopic (exact) mass is 249 g/mol. The van der Waals surface area contributed by atoms with Gasteiger partial charge in [0.15, 0.2) is 0 Å². The average molecular weight is 249 g/mol. The van der Waals surface area contributed by atoms with Crippen molar-refractivity contribution < 1.29 is 9.84 Å². The Hall–Kier alpha value is -0.930. The molecule has 2 atom stereocenters. The van der Waals surface area contributed by atoms with Crippen LogP contribution in [0, 0.1) is 5.92 Å². The van der Waals surface area contributed by atoms with E-state index in [-0.39, 0.29) is 12.0 Å². The SMILES string of the molecule is CCOC1CC(CC(O)C(C)c2ccccn2)C1. The van der Waals surface area contributed by atoms with Crippen LogP contribution >= 0.6 is 0 Å². The molecule has 3 nitrogen and oxygen atoms in total. The first-order valence-electron chi connectivity index (χ1n) is 6.91. The lowest BCUT2D eigenvalue weighted by atomic mass is 9.77. The summed E-state index contributed by atoms with van der Waals surface area (Å²) < 4.78 is 5.54. The van der Waals surface area contributed by atoms with Gasteiger partial charge in [0.1, 0.15) is 0 Å². The van der Waals surface area contributed by atoms with Gasteiger partial charge in [-0.05, 0) is 44.2 Å². The van der Waals surface area contributed by atoms with Gasteiger partial charge in [0.05, 0.1) is 12.2 Å². The first-order chi connectivity index (χ1) is 8.70. The van der Waals surface area contributed by atoms with Gasteiger partial charge in [0, 0.05) is 24.4 Å². The van der Waals surface area contributed by atoms with E-state index in [0.717, 1.165) is 31.6 Å². The molecule has 0 bridgehead atoms. The topological polar surface area (TPSA) is 42.4 Å². The van der Waals surface area contributed by atoms with Crippen LogP contribution in [0.15, 0.2) is 24.4 Å². The molecule has 100 valence electrons. The van der Waals surface area contributed by atoms with Gasteiger partial charge >= 0.3 is 0 Å². The summed E-state index contributed by atoms with van der Waals surface area (Å²) in [5.41, 5.74) is 0.977. The molecule has 2 unspecified atom stereocenters. The van der Waals surface area contributed by atoms with Crippen LogP contribution in [0.3, 0.4) is 0 Å². The Morgan fingerprint density at radius 1 is 1.44 bits per heavy atom. The minimum atomic E-state index is -0.299. The maximum absolute atomic E-state index is 10.2. The number of aliphatic hydroxyl groups excluding tert-OH is 1. The second kappa shape index (κ2) is 6.30. The molecule has 3 heteroatoms. The molecule has 1 aliphatic carbocycles. The number of pyridine rings is 1. The van der Waals surface area contributed by atoms with Crippen molar-refractivity contribution in [2.45, 2.75) is 51.2 Å². The molecule has 1 heterocycles. The van der Waals surface area contributed by atoms with Crippen molar-refractivity contribution in [3.63, 3.8) is 0 Å². The van der Waals surface area contributed by atoms with Gasteiger partial charge < -0.3 is 9.84 Å². The summed E-state index contributed by atoms with van der Waals surface area (Å²) >= 11 is 0. The van der Waals surface area contributed by atoms with Crippen LogP contribution < -0.4 is 0 Å². The summed E-state index contributed by atoms with van der Waals surface area (Å²) in [4.78, 5) is 4.31. The number of aromatic nitrogens is 1. The van der Waals surface area contributed by atoms with Gasteiger partial charge in [-0.2, -0.15) is 0 Å². The number of hydrogen-bond donors (Lipinski definition) is 1. The van der Waals surface area contributed by atoms with Crippen molar-refractivity contribution in [1.82, 2.24) is 4.98 Å². The highest BCUT2D eigenvalue weighted by molar-refractivity contribution is 5.10. The zero-order valence-electron chi connectivity index (χ0n) is 11.2. The second-order valence-corrected chi connectivity index (χ2v) is 5.26. The Labute approximate surface area is 109 Å². The van der Waals surface area contributed by atoms with E-state index in [1.165, 1.54) is 0 Å². The van der Waals surface area contributed by atoms with E-state index >= 15 is 0 Å². The van der Waals surface area contributed by atoms with Crippen molar-refractivity contribution in [3.8, 4) is 0 Å². The van der Waals surface area contributed by atoms with Crippen LogP contribution in [0.2, 0.25) is 0 Å².